The van der Waals surface area contributed by atoms with Gasteiger partial charge in [-0.2, -0.15) is 0 Å². The van der Waals surface area contributed by atoms with Gasteiger partial charge in [-0.25, -0.2) is 0 Å². The number of hydrogen-bond acceptors (Lipinski definition) is 0. The Morgan fingerprint density at radius 1 is 0.920 bits per heavy atom. The van der Waals surface area contributed by atoms with Gasteiger partial charge in [-0.1, -0.05) is 99.3 Å². The Morgan fingerprint density at radius 2 is 1.52 bits per heavy atom. The normalized spacial score (nSPS) is 23.2. The van der Waals surface area contributed by atoms with Gasteiger partial charge >= 0.3 is 0 Å². The van der Waals surface area contributed by atoms with E-state index in [1.165, 1.54) is 27.8 Å². The monoisotopic (exact) mass is 328 g/mol. The van der Waals surface area contributed by atoms with Crippen LogP contribution in [0.15, 0.2) is 85.0 Å². The van der Waals surface area contributed by atoms with Gasteiger partial charge in [-0.05, 0) is 47.4 Å². The molecule has 2 aromatic rings. The number of hydrogen-bond donors (Lipinski definition) is 0. The molecule has 0 bridgehead atoms. The SMILES string of the molecule is C.C=C1/C=C\C(C)/C=C\CCC2(C1)c1ccccc1-c1ccccc12. The summed E-state index contributed by atoms with van der Waals surface area (Å²) in [4.78, 5) is 0. The molecule has 2 aliphatic rings. The predicted octanol–water partition coefficient (Wildman–Crippen LogP) is 7.08. The van der Waals surface area contributed by atoms with E-state index in [-0.39, 0.29) is 12.8 Å². The van der Waals surface area contributed by atoms with Gasteiger partial charge in [0.15, 0.2) is 0 Å². The van der Waals surface area contributed by atoms with Crippen LogP contribution in [0, 0.1) is 5.92 Å². The number of fused-ring (bicyclic) bond motifs is 5. The van der Waals surface area contributed by atoms with Crippen LogP contribution in [0.4, 0.5) is 0 Å². The molecular weight excluding hydrogens is 300 g/mol. The standard InChI is InChI=1S/C24H24.CH4/c1-18-9-7-8-16-24(17-19(2)15-14-18)22-12-5-3-10-20(22)21-11-4-6-13-23(21)24;/h3-7,9-15,18H,2,8,16-17H2,1H3;1H4/b9-7-,15-14-;. The Bertz CT molecular complexity index is 789. The van der Waals surface area contributed by atoms with Gasteiger partial charge in [0.05, 0.1) is 0 Å². The molecule has 2 aromatic carbocycles. The molecule has 25 heavy (non-hydrogen) atoms. The van der Waals surface area contributed by atoms with Crippen LogP contribution in [0.1, 0.15) is 44.7 Å². The Morgan fingerprint density at radius 3 is 2.16 bits per heavy atom. The summed E-state index contributed by atoms with van der Waals surface area (Å²) in [6, 6.07) is 17.9. The van der Waals surface area contributed by atoms with Crippen molar-refractivity contribution in [2.75, 3.05) is 0 Å². The first kappa shape index (κ1) is 17.5. The van der Waals surface area contributed by atoms with Crippen molar-refractivity contribution >= 4 is 0 Å². The molecule has 0 aromatic heterocycles. The van der Waals surface area contributed by atoms with E-state index >= 15 is 0 Å². The molecule has 0 nitrogen and oxygen atoms in total. The number of benzene rings is 2. The molecule has 0 heteroatoms. The first-order valence-electron chi connectivity index (χ1n) is 8.93. The minimum Gasteiger partial charge on any atom is -0.0958 e. The van der Waals surface area contributed by atoms with Crippen molar-refractivity contribution in [1.29, 1.82) is 0 Å². The first-order valence-corrected chi connectivity index (χ1v) is 8.93. The highest BCUT2D eigenvalue weighted by Crippen LogP contribution is 2.54. The molecule has 1 atom stereocenters. The lowest BCUT2D eigenvalue weighted by Crippen LogP contribution is -2.25. The van der Waals surface area contributed by atoms with Crippen LogP contribution in [0.2, 0.25) is 0 Å². The first-order chi connectivity index (χ1) is 11.7. The highest BCUT2D eigenvalue weighted by molar-refractivity contribution is 5.81. The molecule has 0 N–H and O–H groups in total. The molecule has 0 aliphatic heterocycles. The molecule has 1 spiro atoms. The molecular formula is C25H28. The lowest BCUT2D eigenvalue weighted by Gasteiger charge is -2.33. The van der Waals surface area contributed by atoms with Crippen molar-refractivity contribution in [3.05, 3.63) is 96.1 Å². The van der Waals surface area contributed by atoms with E-state index in [4.69, 9.17) is 0 Å². The molecule has 0 saturated heterocycles. The zero-order valence-electron chi connectivity index (χ0n) is 14.3. The predicted molar refractivity (Wildman–Crippen MR) is 110 cm³/mol. The maximum atomic E-state index is 4.38. The van der Waals surface area contributed by atoms with Crippen molar-refractivity contribution in [1.82, 2.24) is 0 Å². The van der Waals surface area contributed by atoms with E-state index in [2.05, 4.69) is 86.3 Å². The molecule has 0 fully saturated rings. The zero-order valence-corrected chi connectivity index (χ0v) is 14.3. The van der Waals surface area contributed by atoms with Gasteiger partial charge in [-0.3, -0.25) is 0 Å². The highest BCUT2D eigenvalue weighted by Gasteiger charge is 2.42. The Hall–Kier alpha value is -2.34. The summed E-state index contributed by atoms with van der Waals surface area (Å²) < 4.78 is 0. The summed E-state index contributed by atoms with van der Waals surface area (Å²) in [5.74, 6) is 0.485. The minimum absolute atomic E-state index is 0. The van der Waals surface area contributed by atoms with Gasteiger partial charge < -0.3 is 0 Å². The maximum Gasteiger partial charge on any atom is 0.0258 e. The van der Waals surface area contributed by atoms with Crippen molar-refractivity contribution in [2.45, 2.75) is 39.0 Å². The number of rotatable bonds is 0. The lowest BCUT2D eigenvalue weighted by molar-refractivity contribution is 0.485. The van der Waals surface area contributed by atoms with Crippen LogP contribution in [0.25, 0.3) is 11.1 Å². The maximum absolute atomic E-state index is 4.38. The van der Waals surface area contributed by atoms with Gasteiger partial charge in [-0.15, -0.1) is 0 Å². The third-order valence-corrected chi connectivity index (χ3v) is 5.52. The third kappa shape index (κ3) is 2.91. The van der Waals surface area contributed by atoms with Crippen LogP contribution in [0.3, 0.4) is 0 Å². The fraction of sp³-hybridized carbons (Fsp3) is 0.280. The second-order valence-electron chi connectivity index (χ2n) is 7.19. The molecule has 1 unspecified atom stereocenters. The van der Waals surface area contributed by atoms with E-state index in [1.807, 2.05) is 0 Å². The topological polar surface area (TPSA) is 0 Å². The third-order valence-electron chi connectivity index (χ3n) is 5.52. The fourth-order valence-electron chi connectivity index (χ4n) is 4.40. The van der Waals surface area contributed by atoms with E-state index in [9.17, 15) is 0 Å². The Balaban J connectivity index is 0.00000182. The largest absolute Gasteiger partial charge is 0.0958 e. The van der Waals surface area contributed by atoms with E-state index < -0.39 is 0 Å². The van der Waals surface area contributed by atoms with Gasteiger partial charge in [0, 0.05) is 5.41 Å². The molecule has 128 valence electrons. The van der Waals surface area contributed by atoms with E-state index in [1.54, 1.807) is 0 Å². The molecule has 0 heterocycles. The molecule has 0 saturated carbocycles. The minimum atomic E-state index is 0. The van der Waals surface area contributed by atoms with Crippen molar-refractivity contribution < 1.29 is 0 Å². The Kier molecular flexibility index (Phi) is 4.81. The second-order valence-corrected chi connectivity index (χ2v) is 7.19. The quantitative estimate of drug-likeness (QED) is 0.453. The van der Waals surface area contributed by atoms with Crippen LogP contribution >= 0.6 is 0 Å². The summed E-state index contributed by atoms with van der Waals surface area (Å²) in [7, 11) is 0. The number of allylic oxidation sites excluding steroid dienone is 5. The average molecular weight is 328 g/mol. The highest BCUT2D eigenvalue weighted by atomic mass is 14.4. The van der Waals surface area contributed by atoms with Gasteiger partial charge in [0.1, 0.15) is 0 Å². The Labute approximate surface area is 152 Å². The average Bonchev–Trinajstić information content (AvgIpc) is 2.88. The van der Waals surface area contributed by atoms with Gasteiger partial charge in [0.25, 0.3) is 0 Å². The van der Waals surface area contributed by atoms with Crippen LogP contribution < -0.4 is 0 Å². The summed E-state index contributed by atoms with van der Waals surface area (Å²) in [5, 5.41) is 0. The van der Waals surface area contributed by atoms with E-state index in [0.717, 1.165) is 19.3 Å². The second kappa shape index (κ2) is 6.88. The van der Waals surface area contributed by atoms with Crippen molar-refractivity contribution in [2.24, 2.45) is 5.92 Å². The smallest absolute Gasteiger partial charge is 0.0258 e. The zero-order chi connectivity index (χ0) is 16.6. The van der Waals surface area contributed by atoms with Crippen molar-refractivity contribution in [3.8, 4) is 11.1 Å². The molecule has 0 radical (unpaired) electrons. The van der Waals surface area contributed by atoms with Crippen molar-refractivity contribution in [3.63, 3.8) is 0 Å². The lowest BCUT2D eigenvalue weighted by atomic mass is 9.70. The summed E-state index contributed by atoms with van der Waals surface area (Å²) >= 11 is 0. The molecule has 2 aliphatic carbocycles. The molecule has 4 rings (SSSR count). The fourth-order valence-corrected chi connectivity index (χ4v) is 4.40. The molecule has 0 amide bonds. The summed E-state index contributed by atoms with van der Waals surface area (Å²) in [6.45, 7) is 6.61. The summed E-state index contributed by atoms with van der Waals surface area (Å²) in [6.07, 6.45) is 12.4. The van der Waals surface area contributed by atoms with Crippen LogP contribution in [0.5, 0.6) is 0 Å². The van der Waals surface area contributed by atoms with E-state index in [0.29, 0.717) is 5.92 Å². The van der Waals surface area contributed by atoms with Gasteiger partial charge in [0.2, 0.25) is 0 Å². The summed E-state index contributed by atoms with van der Waals surface area (Å²) in [5.41, 5.74) is 7.03. The van der Waals surface area contributed by atoms with Crippen LogP contribution in [-0.2, 0) is 5.41 Å². The van der Waals surface area contributed by atoms with Crippen LogP contribution in [-0.4, -0.2) is 0 Å².